The molecule has 0 aliphatic rings. The lowest BCUT2D eigenvalue weighted by atomic mass is 11.0. The Morgan fingerprint density at radius 2 is 0.889 bits per heavy atom. The minimum Gasteiger partial charge on any atom is -0.107 e. The first-order valence-electron chi connectivity index (χ1n) is 1.58. The van der Waals surface area contributed by atoms with Crippen molar-refractivity contribution < 1.29 is 26.3 Å². The zero-order valence-electron chi connectivity index (χ0n) is 3.72. The summed E-state index contributed by atoms with van der Waals surface area (Å²) < 4.78 is 64.0. The number of nitrogens with zero attached hydrogens (tertiary/aromatic N) is 1. The number of alkyl halides is 6. The van der Waals surface area contributed by atoms with Crippen molar-refractivity contribution in [2.45, 2.75) is 12.6 Å². The smallest absolute Gasteiger partial charge is 0.107 e. The van der Waals surface area contributed by atoms with Crippen LogP contribution >= 0.6 is 0 Å². The maximum absolute atomic E-state index is 10.7. The van der Waals surface area contributed by atoms with Crippen molar-refractivity contribution in [2.24, 2.45) is 0 Å². The van der Waals surface area contributed by atoms with Crippen LogP contribution in [0.2, 0.25) is 0 Å². The van der Waals surface area contributed by atoms with Gasteiger partial charge in [-0.2, -0.15) is 0 Å². The largest absolute Gasteiger partial charge is 0.674 e. The number of hydrogen-bond acceptors (Lipinski definition) is 0. The fraction of sp³-hybridized carbons (Fsp3) is 1.00. The molecule has 0 unspecified atom stereocenters. The van der Waals surface area contributed by atoms with Gasteiger partial charge in [0.25, 0.3) is 5.32 Å². The molecule has 0 spiro atoms. The maximum Gasteiger partial charge on any atom is 0.674 e. The van der Waals surface area contributed by atoms with Crippen LogP contribution in [0.5, 0.6) is 0 Å². The van der Waals surface area contributed by atoms with Gasteiger partial charge in [0.1, 0.15) is 0 Å². The summed E-state index contributed by atoms with van der Waals surface area (Å²) >= 11 is 0. The highest BCUT2D eigenvalue weighted by atomic mass is 19.4. The van der Waals surface area contributed by atoms with E-state index < -0.39 is 12.6 Å². The van der Waals surface area contributed by atoms with Crippen LogP contribution in [0.25, 0.3) is 0 Å². The molecule has 2 radical (unpaired) electrons. The molecule has 0 heterocycles. The molecule has 54 valence electrons. The Labute approximate surface area is 45.6 Å². The van der Waals surface area contributed by atoms with E-state index in [-0.39, 0.29) is 0 Å². The second-order valence-corrected chi connectivity index (χ2v) is 1.05. The van der Waals surface area contributed by atoms with E-state index in [4.69, 9.17) is 0 Å². The van der Waals surface area contributed by atoms with Crippen LogP contribution in [0.3, 0.4) is 0 Å². The Hall–Kier alpha value is -0.460. The summed E-state index contributed by atoms with van der Waals surface area (Å²) in [5.41, 5.74) is 0. The Kier molecular flexibility index (Phi) is 1.95. The van der Waals surface area contributed by atoms with Crippen molar-refractivity contribution in [3.8, 4) is 0 Å². The molecule has 0 aliphatic carbocycles. The third-order valence-corrected chi connectivity index (χ3v) is 0.254. The van der Waals surface area contributed by atoms with E-state index in [0.29, 0.717) is 5.32 Å². The van der Waals surface area contributed by atoms with Crippen molar-refractivity contribution >= 4 is 0 Å². The third-order valence-electron chi connectivity index (χ3n) is 0.254. The first-order chi connectivity index (χ1) is 3.71. The lowest BCUT2D eigenvalue weighted by Crippen LogP contribution is -2.35. The van der Waals surface area contributed by atoms with Gasteiger partial charge in [0, 0.05) is 0 Å². The maximum atomic E-state index is 10.7. The highest BCUT2D eigenvalue weighted by Crippen LogP contribution is 2.22. The van der Waals surface area contributed by atoms with Crippen molar-refractivity contribution in [3.63, 3.8) is 0 Å². The summed E-state index contributed by atoms with van der Waals surface area (Å²) in [7, 11) is 0. The number of hydrogen-bond donors (Lipinski definition) is 0. The fourth-order valence-electron chi connectivity index (χ4n) is 0.144. The number of halogens is 6. The van der Waals surface area contributed by atoms with Crippen molar-refractivity contribution in [1.29, 1.82) is 0 Å². The normalized spacial score (nSPS) is 14.0. The molecule has 0 saturated heterocycles. The predicted molar refractivity (Wildman–Crippen MR) is 14.2 cm³/mol. The van der Waals surface area contributed by atoms with Gasteiger partial charge in [-0.3, -0.25) is 0 Å². The molecule has 0 N–H and O–H groups in total. The van der Waals surface area contributed by atoms with E-state index in [0.717, 1.165) is 0 Å². The van der Waals surface area contributed by atoms with Gasteiger partial charge < -0.3 is 0 Å². The number of rotatable bonds is 0. The Morgan fingerprint density at radius 1 is 0.667 bits per heavy atom. The molecular formula is C2F6N+. The SMILES string of the molecule is FC(F)(F)[N+]C(F)(F)F. The lowest BCUT2D eigenvalue weighted by Gasteiger charge is -1.90. The molecule has 1 nitrogen and oxygen atoms in total. The molecule has 0 aromatic rings. The second-order valence-electron chi connectivity index (χ2n) is 1.05. The minimum atomic E-state index is -5.52. The molecule has 0 bridgehead atoms. The van der Waals surface area contributed by atoms with Crippen LogP contribution in [0.15, 0.2) is 0 Å². The molecule has 0 aromatic heterocycles. The van der Waals surface area contributed by atoms with Crippen LogP contribution < -0.4 is 5.32 Å². The molecule has 0 rings (SSSR count). The highest BCUT2D eigenvalue weighted by molar-refractivity contribution is 4.48. The molecule has 0 aliphatic heterocycles. The Morgan fingerprint density at radius 3 is 0.889 bits per heavy atom. The quantitative estimate of drug-likeness (QED) is 0.370. The van der Waals surface area contributed by atoms with Crippen LogP contribution in [0, 0.1) is 0 Å². The van der Waals surface area contributed by atoms with Crippen molar-refractivity contribution in [3.05, 3.63) is 0 Å². The summed E-state index contributed by atoms with van der Waals surface area (Å²) in [5, 5.41) is 0.542. The topological polar surface area (TPSA) is 14.1 Å². The molecule has 0 amide bonds. The summed E-state index contributed by atoms with van der Waals surface area (Å²) in [6, 6.07) is 0. The predicted octanol–water partition coefficient (Wildman–Crippen LogP) is 1.63. The highest BCUT2D eigenvalue weighted by Gasteiger charge is 2.63. The molecule has 7 heteroatoms. The van der Waals surface area contributed by atoms with E-state index >= 15 is 0 Å². The summed E-state index contributed by atoms with van der Waals surface area (Å²) in [6.45, 7) is 0. The third kappa shape index (κ3) is 7.54. The van der Waals surface area contributed by atoms with Gasteiger partial charge in [0.15, 0.2) is 0 Å². The molecule has 0 aromatic carbocycles. The molecule has 9 heavy (non-hydrogen) atoms. The van der Waals surface area contributed by atoms with Crippen molar-refractivity contribution in [2.75, 3.05) is 0 Å². The lowest BCUT2D eigenvalue weighted by molar-refractivity contribution is -0.270. The standard InChI is InChI=1S/C2F6N/c3-1(4,5)9-2(6,7)8/q+1. The van der Waals surface area contributed by atoms with Gasteiger partial charge in [0.05, 0.1) is 0 Å². The van der Waals surface area contributed by atoms with E-state index in [9.17, 15) is 26.3 Å². The van der Waals surface area contributed by atoms with Crippen molar-refractivity contribution in [1.82, 2.24) is 5.32 Å². The van der Waals surface area contributed by atoms with Crippen LogP contribution in [-0.4, -0.2) is 12.6 Å². The van der Waals surface area contributed by atoms with Crippen LogP contribution in [0.1, 0.15) is 0 Å². The van der Waals surface area contributed by atoms with Gasteiger partial charge in [-0.1, -0.05) is 0 Å². The summed E-state index contributed by atoms with van der Waals surface area (Å²) in [5.74, 6) is 0. The monoisotopic (exact) mass is 152 g/mol. The summed E-state index contributed by atoms with van der Waals surface area (Å²) in [4.78, 5) is 0. The van der Waals surface area contributed by atoms with Crippen LogP contribution in [-0.2, 0) is 0 Å². The average Bonchev–Trinajstić information content (AvgIpc) is 1.14. The van der Waals surface area contributed by atoms with Gasteiger partial charge in [-0.05, 0) is 0 Å². The second kappa shape index (κ2) is 2.05. The van der Waals surface area contributed by atoms with E-state index in [1.165, 1.54) is 0 Å². The molecule has 0 atom stereocenters. The van der Waals surface area contributed by atoms with Gasteiger partial charge in [-0.25, -0.2) is 0 Å². The fourth-order valence-corrected chi connectivity index (χ4v) is 0.144. The van der Waals surface area contributed by atoms with Gasteiger partial charge >= 0.3 is 12.6 Å². The first kappa shape index (κ1) is 8.54. The Bertz CT molecular complexity index is 76.2. The molecule has 0 fully saturated rings. The zero-order chi connectivity index (χ0) is 7.71. The van der Waals surface area contributed by atoms with E-state index in [1.54, 1.807) is 0 Å². The summed E-state index contributed by atoms with van der Waals surface area (Å²) in [6.07, 6.45) is -11.0. The van der Waals surface area contributed by atoms with Gasteiger partial charge in [0.2, 0.25) is 0 Å². The van der Waals surface area contributed by atoms with E-state index in [2.05, 4.69) is 0 Å². The van der Waals surface area contributed by atoms with Gasteiger partial charge in [-0.15, -0.1) is 26.3 Å². The Balaban J connectivity index is 3.75. The first-order valence-corrected chi connectivity index (χ1v) is 1.58. The molecular weight excluding hydrogens is 152 g/mol. The minimum absolute atomic E-state index is 0.542. The molecule has 0 saturated carbocycles. The zero-order valence-corrected chi connectivity index (χ0v) is 3.72. The van der Waals surface area contributed by atoms with E-state index in [1.807, 2.05) is 0 Å². The van der Waals surface area contributed by atoms with Crippen LogP contribution in [0.4, 0.5) is 26.3 Å². The average molecular weight is 152 g/mol.